The Morgan fingerprint density at radius 1 is 1.00 bits per heavy atom. The van der Waals surface area contributed by atoms with E-state index in [1.54, 1.807) is 0 Å². The summed E-state index contributed by atoms with van der Waals surface area (Å²) in [5.74, 6) is 1.67. The standard InChI is InChI=1S/C11H24O/c1-4-10(2)7-8-11(3)6-5-9-12/h10-12H,4-9H2,1-3H3. The van der Waals surface area contributed by atoms with Crippen LogP contribution in [0.2, 0.25) is 0 Å². The third-order valence-electron chi connectivity index (χ3n) is 2.70. The first-order chi connectivity index (χ1) is 5.70. The molecule has 0 fully saturated rings. The largest absolute Gasteiger partial charge is 0.396 e. The van der Waals surface area contributed by atoms with Crippen molar-refractivity contribution in [1.82, 2.24) is 0 Å². The molecule has 2 atom stereocenters. The van der Waals surface area contributed by atoms with E-state index in [4.69, 9.17) is 5.11 Å². The SMILES string of the molecule is CCC(C)CCC(C)CCCO. The number of aliphatic hydroxyl groups is 1. The van der Waals surface area contributed by atoms with Crippen LogP contribution in [-0.4, -0.2) is 11.7 Å². The molecule has 12 heavy (non-hydrogen) atoms. The third kappa shape index (κ3) is 6.66. The van der Waals surface area contributed by atoms with E-state index in [1.165, 1.54) is 25.7 Å². The van der Waals surface area contributed by atoms with Crippen LogP contribution >= 0.6 is 0 Å². The van der Waals surface area contributed by atoms with Crippen LogP contribution in [0.5, 0.6) is 0 Å². The van der Waals surface area contributed by atoms with Crippen molar-refractivity contribution in [3.8, 4) is 0 Å². The topological polar surface area (TPSA) is 20.2 Å². The fourth-order valence-electron chi connectivity index (χ4n) is 1.36. The third-order valence-corrected chi connectivity index (χ3v) is 2.70. The van der Waals surface area contributed by atoms with E-state index in [0.29, 0.717) is 6.61 Å². The minimum Gasteiger partial charge on any atom is -0.396 e. The average molecular weight is 172 g/mol. The van der Waals surface area contributed by atoms with Gasteiger partial charge in [0.15, 0.2) is 0 Å². The van der Waals surface area contributed by atoms with Gasteiger partial charge < -0.3 is 5.11 Å². The van der Waals surface area contributed by atoms with E-state index >= 15 is 0 Å². The maximum absolute atomic E-state index is 8.64. The highest BCUT2D eigenvalue weighted by atomic mass is 16.2. The first kappa shape index (κ1) is 12.0. The van der Waals surface area contributed by atoms with Crippen LogP contribution in [0.1, 0.15) is 52.9 Å². The van der Waals surface area contributed by atoms with Crippen LogP contribution in [-0.2, 0) is 0 Å². The zero-order valence-electron chi connectivity index (χ0n) is 8.84. The van der Waals surface area contributed by atoms with Gasteiger partial charge in [0.2, 0.25) is 0 Å². The lowest BCUT2D eigenvalue weighted by atomic mass is 9.94. The smallest absolute Gasteiger partial charge is 0.0431 e. The summed E-state index contributed by atoms with van der Waals surface area (Å²) in [7, 11) is 0. The summed E-state index contributed by atoms with van der Waals surface area (Å²) in [6.07, 6.45) is 6.14. The quantitative estimate of drug-likeness (QED) is 0.625. The first-order valence-electron chi connectivity index (χ1n) is 5.31. The average Bonchev–Trinajstić information content (AvgIpc) is 2.10. The number of rotatable bonds is 7. The molecular weight excluding hydrogens is 148 g/mol. The van der Waals surface area contributed by atoms with Crippen LogP contribution in [0.3, 0.4) is 0 Å². The molecule has 0 spiro atoms. The van der Waals surface area contributed by atoms with Gasteiger partial charge >= 0.3 is 0 Å². The van der Waals surface area contributed by atoms with Crippen molar-refractivity contribution in [1.29, 1.82) is 0 Å². The molecule has 0 amide bonds. The molecule has 0 aliphatic carbocycles. The van der Waals surface area contributed by atoms with Crippen LogP contribution < -0.4 is 0 Å². The number of aliphatic hydroxyl groups excluding tert-OH is 1. The monoisotopic (exact) mass is 172 g/mol. The molecule has 0 aliphatic heterocycles. The van der Waals surface area contributed by atoms with Gasteiger partial charge in [-0.25, -0.2) is 0 Å². The normalized spacial score (nSPS) is 16.0. The van der Waals surface area contributed by atoms with Crippen molar-refractivity contribution >= 4 is 0 Å². The van der Waals surface area contributed by atoms with Crippen molar-refractivity contribution in [2.24, 2.45) is 11.8 Å². The van der Waals surface area contributed by atoms with Crippen LogP contribution in [0, 0.1) is 11.8 Å². The lowest BCUT2D eigenvalue weighted by molar-refractivity contribution is 0.268. The summed E-state index contributed by atoms with van der Waals surface area (Å²) in [5, 5.41) is 8.64. The van der Waals surface area contributed by atoms with Gasteiger partial charge in [0.05, 0.1) is 0 Å². The zero-order chi connectivity index (χ0) is 9.40. The predicted octanol–water partition coefficient (Wildman–Crippen LogP) is 3.22. The van der Waals surface area contributed by atoms with E-state index in [9.17, 15) is 0 Å². The second-order valence-corrected chi connectivity index (χ2v) is 4.06. The van der Waals surface area contributed by atoms with Gasteiger partial charge in [0.25, 0.3) is 0 Å². The molecule has 0 saturated carbocycles. The Kier molecular flexibility index (Phi) is 7.58. The van der Waals surface area contributed by atoms with Crippen molar-refractivity contribution in [3.63, 3.8) is 0 Å². The molecule has 1 nitrogen and oxygen atoms in total. The fraction of sp³-hybridized carbons (Fsp3) is 1.00. The van der Waals surface area contributed by atoms with E-state index in [1.807, 2.05) is 0 Å². The van der Waals surface area contributed by atoms with Gasteiger partial charge in [-0.2, -0.15) is 0 Å². The summed E-state index contributed by atoms with van der Waals surface area (Å²) >= 11 is 0. The fourth-order valence-corrected chi connectivity index (χ4v) is 1.36. The Bertz CT molecular complexity index is 91.0. The molecular formula is C11H24O. The van der Waals surface area contributed by atoms with Gasteiger partial charge in [0, 0.05) is 6.61 Å². The molecule has 0 rings (SSSR count). The summed E-state index contributed by atoms with van der Waals surface area (Å²) < 4.78 is 0. The van der Waals surface area contributed by atoms with Crippen LogP contribution in [0.4, 0.5) is 0 Å². The van der Waals surface area contributed by atoms with Crippen LogP contribution in [0.25, 0.3) is 0 Å². The molecule has 1 N–H and O–H groups in total. The van der Waals surface area contributed by atoms with Crippen molar-refractivity contribution < 1.29 is 5.11 Å². The molecule has 0 aromatic rings. The molecule has 0 radical (unpaired) electrons. The lowest BCUT2D eigenvalue weighted by Crippen LogP contribution is -2.00. The summed E-state index contributed by atoms with van der Waals surface area (Å²) in [5.41, 5.74) is 0. The van der Waals surface area contributed by atoms with E-state index in [-0.39, 0.29) is 0 Å². The number of hydrogen-bond acceptors (Lipinski definition) is 1. The van der Waals surface area contributed by atoms with Crippen molar-refractivity contribution in [2.45, 2.75) is 52.9 Å². The first-order valence-corrected chi connectivity index (χ1v) is 5.31. The molecule has 0 aliphatic rings. The Labute approximate surface area is 77.2 Å². The maximum atomic E-state index is 8.64. The van der Waals surface area contributed by atoms with Gasteiger partial charge in [-0.05, 0) is 24.7 Å². The zero-order valence-corrected chi connectivity index (χ0v) is 8.84. The van der Waals surface area contributed by atoms with Gasteiger partial charge in [-0.1, -0.05) is 40.0 Å². The maximum Gasteiger partial charge on any atom is 0.0431 e. The summed E-state index contributed by atoms with van der Waals surface area (Å²) in [6.45, 7) is 7.22. The van der Waals surface area contributed by atoms with Gasteiger partial charge in [-0.3, -0.25) is 0 Å². The Morgan fingerprint density at radius 2 is 1.58 bits per heavy atom. The Morgan fingerprint density at radius 3 is 2.08 bits per heavy atom. The minimum absolute atomic E-state index is 0.355. The highest BCUT2D eigenvalue weighted by molar-refractivity contribution is 4.57. The number of hydrogen-bond donors (Lipinski definition) is 1. The highest BCUT2D eigenvalue weighted by Gasteiger charge is 2.04. The van der Waals surface area contributed by atoms with Crippen molar-refractivity contribution in [2.75, 3.05) is 6.61 Å². The van der Waals surface area contributed by atoms with Crippen LogP contribution in [0.15, 0.2) is 0 Å². The summed E-state index contributed by atoms with van der Waals surface area (Å²) in [6, 6.07) is 0. The minimum atomic E-state index is 0.355. The van der Waals surface area contributed by atoms with E-state index in [2.05, 4.69) is 20.8 Å². The molecule has 0 heterocycles. The molecule has 2 unspecified atom stereocenters. The molecule has 1 heteroatoms. The second kappa shape index (κ2) is 7.60. The highest BCUT2D eigenvalue weighted by Crippen LogP contribution is 2.17. The molecule has 0 aromatic heterocycles. The Balaban J connectivity index is 3.24. The van der Waals surface area contributed by atoms with Crippen molar-refractivity contribution in [3.05, 3.63) is 0 Å². The van der Waals surface area contributed by atoms with Gasteiger partial charge in [-0.15, -0.1) is 0 Å². The van der Waals surface area contributed by atoms with E-state index in [0.717, 1.165) is 18.3 Å². The lowest BCUT2D eigenvalue weighted by Gasteiger charge is -2.13. The molecule has 0 aromatic carbocycles. The molecule has 0 bridgehead atoms. The summed E-state index contributed by atoms with van der Waals surface area (Å²) in [4.78, 5) is 0. The van der Waals surface area contributed by atoms with E-state index < -0.39 is 0 Å². The molecule has 0 saturated heterocycles. The second-order valence-electron chi connectivity index (χ2n) is 4.06. The Hall–Kier alpha value is -0.0400. The van der Waals surface area contributed by atoms with Gasteiger partial charge in [0.1, 0.15) is 0 Å². The predicted molar refractivity (Wildman–Crippen MR) is 54.2 cm³/mol. The molecule has 74 valence electrons.